The fraction of sp³-hybridized carbons (Fsp3) is 0.455. The first kappa shape index (κ1) is 15.9. The van der Waals surface area contributed by atoms with Crippen LogP contribution in [0.25, 0.3) is 0 Å². The smallest absolute Gasteiger partial charge is 0.234 e. The van der Waals surface area contributed by atoms with Gasteiger partial charge in [-0.05, 0) is 47.1 Å². The summed E-state index contributed by atoms with van der Waals surface area (Å²) in [5.41, 5.74) is 0.550. The molecule has 0 saturated heterocycles. The lowest BCUT2D eigenvalue weighted by Crippen LogP contribution is -2.27. The van der Waals surface area contributed by atoms with E-state index >= 15 is 0 Å². The van der Waals surface area contributed by atoms with Gasteiger partial charge in [0, 0.05) is 15.5 Å². The molecule has 0 aromatic heterocycles. The van der Waals surface area contributed by atoms with E-state index in [0.717, 1.165) is 17.4 Å². The standard InChI is InChI=1S/C11H16Br2N2O2S/c1-2-5-14-6-7-18(16,17)15-11-4-3-9(12)8-10(11)13/h3-4,8,14-15H,2,5-7H2,1H3. The summed E-state index contributed by atoms with van der Waals surface area (Å²) in [5, 5.41) is 3.06. The largest absolute Gasteiger partial charge is 0.316 e. The second-order valence-corrected chi connectivity index (χ2v) is 7.41. The summed E-state index contributed by atoms with van der Waals surface area (Å²) in [6, 6.07) is 5.30. The predicted molar refractivity (Wildman–Crippen MR) is 82.4 cm³/mol. The van der Waals surface area contributed by atoms with Crippen LogP contribution in [0.15, 0.2) is 27.1 Å². The van der Waals surface area contributed by atoms with E-state index in [9.17, 15) is 8.42 Å². The Kier molecular flexibility index (Phi) is 6.62. The summed E-state index contributed by atoms with van der Waals surface area (Å²) in [4.78, 5) is 0. The molecule has 0 saturated carbocycles. The molecule has 1 aromatic carbocycles. The Balaban J connectivity index is 2.59. The average molecular weight is 400 g/mol. The van der Waals surface area contributed by atoms with Crippen molar-refractivity contribution in [2.24, 2.45) is 0 Å². The molecule has 0 aliphatic heterocycles. The zero-order valence-corrected chi connectivity index (χ0v) is 14.0. The Morgan fingerprint density at radius 1 is 1.22 bits per heavy atom. The van der Waals surface area contributed by atoms with Crippen LogP contribution in [0.5, 0.6) is 0 Å². The van der Waals surface area contributed by atoms with Crippen LogP contribution in [0.2, 0.25) is 0 Å². The Hall–Kier alpha value is -0.110. The monoisotopic (exact) mass is 398 g/mol. The van der Waals surface area contributed by atoms with Gasteiger partial charge in [0.25, 0.3) is 0 Å². The van der Waals surface area contributed by atoms with Crippen LogP contribution in [0.1, 0.15) is 13.3 Å². The van der Waals surface area contributed by atoms with Gasteiger partial charge in [0.15, 0.2) is 0 Å². The highest BCUT2D eigenvalue weighted by molar-refractivity contribution is 9.11. The van der Waals surface area contributed by atoms with Crippen LogP contribution in [0.4, 0.5) is 5.69 Å². The van der Waals surface area contributed by atoms with Gasteiger partial charge in [0.05, 0.1) is 11.4 Å². The molecule has 102 valence electrons. The lowest BCUT2D eigenvalue weighted by atomic mass is 10.3. The second-order valence-electron chi connectivity index (χ2n) is 3.80. The third-order valence-corrected chi connectivity index (χ3v) is 4.59. The number of benzene rings is 1. The summed E-state index contributed by atoms with van der Waals surface area (Å²) in [6.45, 7) is 3.33. The molecule has 1 aromatic rings. The quantitative estimate of drug-likeness (QED) is 0.693. The van der Waals surface area contributed by atoms with Crippen molar-refractivity contribution in [3.05, 3.63) is 27.1 Å². The Labute approximate surface area is 125 Å². The van der Waals surface area contributed by atoms with Gasteiger partial charge in [-0.2, -0.15) is 0 Å². The number of nitrogens with one attached hydrogen (secondary N) is 2. The van der Waals surface area contributed by atoms with Crippen molar-refractivity contribution in [2.75, 3.05) is 23.6 Å². The molecule has 0 aliphatic rings. The molecule has 18 heavy (non-hydrogen) atoms. The van der Waals surface area contributed by atoms with Gasteiger partial charge in [0.2, 0.25) is 10.0 Å². The Morgan fingerprint density at radius 3 is 2.56 bits per heavy atom. The van der Waals surface area contributed by atoms with Gasteiger partial charge < -0.3 is 5.32 Å². The molecule has 1 rings (SSSR count). The zero-order chi connectivity index (χ0) is 13.6. The van der Waals surface area contributed by atoms with Crippen molar-refractivity contribution < 1.29 is 8.42 Å². The molecule has 0 amide bonds. The van der Waals surface area contributed by atoms with Gasteiger partial charge in [-0.25, -0.2) is 8.42 Å². The zero-order valence-electron chi connectivity index (χ0n) is 10.0. The molecule has 0 aliphatic carbocycles. The lowest BCUT2D eigenvalue weighted by Gasteiger charge is -2.10. The number of hydrogen-bond donors (Lipinski definition) is 2. The average Bonchev–Trinajstić information content (AvgIpc) is 2.28. The molecular formula is C11H16Br2N2O2S. The van der Waals surface area contributed by atoms with Gasteiger partial charge in [-0.3, -0.25) is 4.72 Å². The molecule has 2 N–H and O–H groups in total. The minimum atomic E-state index is -3.31. The van der Waals surface area contributed by atoms with E-state index < -0.39 is 10.0 Å². The molecular weight excluding hydrogens is 384 g/mol. The number of rotatable bonds is 7. The van der Waals surface area contributed by atoms with Crippen molar-refractivity contribution in [3.63, 3.8) is 0 Å². The summed E-state index contributed by atoms with van der Waals surface area (Å²) in [6.07, 6.45) is 0.992. The van der Waals surface area contributed by atoms with Gasteiger partial charge in [-0.1, -0.05) is 22.9 Å². The third kappa shape index (κ3) is 5.69. The molecule has 4 nitrogen and oxygen atoms in total. The number of sulfonamides is 1. The van der Waals surface area contributed by atoms with Crippen molar-refractivity contribution in [2.45, 2.75) is 13.3 Å². The molecule has 0 atom stereocenters. The molecule has 0 radical (unpaired) electrons. The van der Waals surface area contributed by atoms with E-state index in [2.05, 4.69) is 41.9 Å². The second kappa shape index (κ2) is 7.47. The topological polar surface area (TPSA) is 58.2 Å². The van der Waals surface area contributed by atoms with Crippen molar-refractivity contribution in [1.82, 2.24) is 5.32 Å². The third-order valence-electron chi connectivity index (χ3n) is 2.17. The molecule has 0 unspecified atom stereocenters. The first-order valence-corrected chi connectivity index (χ1v) is 8.84. The highest BCUT2D eigenvalue weighted by Gasteiger charge is 2.11. The van der Waals surface area contributed by atoms with E-state index in [4.69, 9.17) is 0 Å². The highest BCUT2D eigenvalue weighted by Crippen LogP contribution is 2.26. The Bertz CT molecular complexity index is 492. The normalized spacial score (nSPS) is 11.5. The fourth-order valence-electron chi connectivity index (χ4n) is 1.30. The van der Waals surface area contributed by atoms with Crippen LogP contribution < -0.4 is 10.0 Å². The van der Waals surface area contributed by atoms with E-state index in [1.807, 2.05) is 6.92 Å². The van der Waals surface area contributed by atoms with E-state index in [-0.39, 0.29) is 5.75 Å². The minimum absolute atomic E-state index is 0.0650. The summed E-state index contributed by atoms with van der Waals surface area (Å²) in [7, 11) is -3.31. The molecule has 0 bridgehead atoms. The maximum Gasteiger partial charge on any atom is 0.234 e. The SMILES string of the molecule is CCCNCCS(=O)(=O)Nc1ccc(Br)cc1Br. The fourth-order valence-corrected chi connectivity index (χ4v) is 3.60. The number of anilines is 1. The van der Waals surface area contributed by atoms with Crippen LogP contribution in [-0.2, 0) is 10.0 Å². The molecule has 7 heteroatoms. The van der Waals surface area contributed by atoms with E-state index in [1.165, 1.54) is 0 Å². The van der Waals surface area contributed by atoms with Crippen LogP contribution in [0, 0.1) is 0 Å². The summed E-state index contributed by atoms with van der Waals surface area (Å²) >= 11 is 6.64. The van der Waals surface area contributed by atoms with Gasteiger partial charge >= 0.3 is 0 Å². The first-order chi connectivity index (χ1) is 8.44. The maximum atomic E-state index is 11.8. The maximum absolute atomic E-state index is 11.8. The number of hydrogen-bond acceptors (Lipinski definition) is 3. The molecule has 0 fully saturated rings. The van der Waals surface area contributed by atoms with E-state index in [0.29, 0.717) is 16.7 Å². The van der Waals surface area contributed by atoms with Crippen molar-refractivity contribution >= 4 is 47.6 Å². The van der Waals surface area contributed by atoms with E-state index in [1.54, 1.807) is 18.2 Å². The summed E-state index contributed by atoms with van der Waals surface area (Å²) < 4.78 is 27.8. The van der Waals surface area contributed by atoms with Crippen LogP contribution in [0.3, 0.4) is 0 Å². The molecule has 0 heterocycles. The molecule has 0 spiro atoms. The van der Waals surface area contributed by atoms with Crippen molar-refractivity contribution in [3.8, 4) is 0 Å². The van der Waals surface area contributed by atoms with Crippen molar-refractivity contribution in [1.29, 1.82) is 0 Å². The lowest BCUT2D eigenvalue weighted by molar-refractivity contribution is 0.595. The number of halogens is 2. The van der Waals surface area contributed by atoms with Crippen LogP contribution in [-0.4, -0.2) is 27.3 Å². The minimum Gasteiger partial charge on any atom is -0.316 e. The van der Waals surface area contributed by atoms with Gasteiger partial charge in [0.1, 0.15) is 0 Å². The first-order valence-electron chi connectivity index (χ1n) is 5.61. The Morgan fingerprint density at radius 2 is 1.94 bits per heavy atom. The predicted octanol–water partition coefficient (Wildman–Crippen LogP) is 2.95. The van der Waals surface area contributed by atoms with Crippen LogP contribution >= 0.6 is 31.9 Å². The van der Waals surface area contributed by atoms with Gasteiger partial charge in [-0.15, -0.1) is 0 Å². The summed E-state index contributed by atoms with van der Waals surface area (Å²) in [5.74, 6) is 0.0650. The highest BCUT2D eigenvalue weighted by atomic mass is 79.9.